The fraction of sp³-hybridized carbons (Fsp3) is 0.190. The number of hydrogen-bond donors (Lipinski definition) is 1. The second kappa shape index (κ2) is 8.19. The summed E-state index contributed by atoms with van der Waals surface area (Å²) >= 11 is 3.37. The molecule has 0 saturated carbocycles. The van der Waals surface area contributed by atoms with Crippen molar-refractivity contribution in [3.05, 3.63) is 81.0 Å². The van der Waals surface area contributed by atoms with Gasteiger partial charge in [-0.2, -0.15) is 4.68 Å². The molecule has 1 aliphatic rings. The van der Waals surface area contributed by atoms with Gasteiger partial charge in [-0.3, -0.25) is 4.79 Å². The number of anilines is 1. The third-order valence-corrected chi connectivity index (χ3v) is 5.49. The third kappa shape index (κ3) is 3.52. The molecule has 0 aliphatic carbocycles. The average molecular weight is 468 g/mol. The minimum absolute atomic E-state index is 0.0253. The first-order valence-electron chi connectivity index (χ1n) is 9.30. The van der Waals surface area contributed by atoms with Gasteiger partial charge in [0.15, 0.2) is 5.78 Å². The molecule has 3 aromatic rings. The Morgan fingerprint density at radius 3 is 2.47 bits per heavy atom. The van der Waals surface area contributed by atoms with Crippen molar-refractivity contribution < 1.29 is 14.3 Å². The Morgan fingerprint density at radius 2 is 1.83 bits per heavy atom. The molecule has 4 rings (SSSR count). The van der Waals surface area contributed by atoms with Gasteiger partial charge in [0.2, 0.25) is 5.95 Å². The number of esters is 1. The molecule has 30 heavy (non-hydrogen) atoms. The standard InChI is InChI=1S/C21H18BrN5O3/c1-3-12-4-6-13(7-5-12)18-16(19(28)14-8-10-15(22)11-9-14)17(20(29)30-2)23-21-24-25-26-27(18)21/h4-11,18H,3H2,1-2H3,(H,23,24,26)/t18-/m0/s1. The zero-order valence-corrected chi connectivity index (χ0v) is 17.9. The van der Waals surface area contributed by atoms with E-state index in [4.69, 9.17) is 4.74 Å². The number of Topliss-reactive ketones (excluding diaryl/α,β-unsaturated/α-hetero) is 1. The maximum absolute atomic E-state index is 13.6. The first-order chi connectivity index (χ1) is 14.5. The number of benzene rings is 2. The molecule has 1 aliphatic heterocycles. The lowest BCUT2D eigenvalue weighted by Gasteiger charge is -2.28. The van der Waals surface area contributed by atoms with E-state index in [0.29, 0.717) is 5.56 Å². The number of carbonyl (C=O) groups excluding carboxylic acids is 2. The lowest BCUT2D eigenvalue weighted by Crippen LogP contribution is -2.32. The number of methoxy groups -OCH3 is 1. The van der Waals surface area contributed by atoms with Gasteiger partial charge in [0.05, 0.1) is 12.7 Å². The third-order valence-electron chi connectivity index (χ3n) is 4.96. The first kappa shape index (κ1) is 20.0. The molecule has 0 fully saturated rings. The lowest BCUT2D eigenvalue weighted by atomic mass is 9.89. The predicted octanol–water partition coefficient (Wildman–Crippen LogP) is 3.32. The highest BCUT2D eigenvalue weighted by molar-refractivity contribution is 9.10. The minimum Gasteiger partial charge on any atom is -0.464 e. The van der Waals surface area contributed by atoms with E-state index in [1.807, 2.05) is 24.3 Å². The van der Waals surface area contributed by atoms with Crippen molar-refractivity contribution in [1.82, 2.24) is 20.2 Å². The zero-order chi connectivity index (χ0) is 21.3. The number of allylic oxidation sites excluding steroid dienone is 1. The molecule has 152 valence electrons. The highest BCUT2D eigenvalue weighted by Crippen LogP contribution is 2.36. The summed E-state index contributed by atoms with van der Waals surface area (Å²) in [5.74, 6) is -0.728. The quantitative estimate of drug-likeness (QED) is 0.453. The largest absolute Gasteiger partial charge is 0.464 e. The summed E-state index contributed by atoms with van der Waals surface area (Å²) in [6.45, 7) is 2.07. The van der Waals surface area contributed by atoms with Gasteiger partial charge in [-0.15, -0.1) is 0 Å². The number of rotatable bonds is 5. The van der Waals surface area contributed by atoms with Gasteiger partial charge in [-0.25, -0.2) is 4.79 Å². The highest BCUT2D eigenvalue weighted by atomic mass is 79.9. The smallest absolute Gasteiger partial charge is 0.355 e. The SMILES string of the molecule is CCc1ccc([C@H]2C(C(=O)c3ccc(Br)cc3)=C(C(=O)OC)Nc3nnnn32)cc1. The van der Waals surface area contributed by atoms with E-state index in [-0.39, 0.29) is 23.0 Å². The number of nitrogens with one attached hydrogen (secondary N) is 1. The van der Waals surface area contributed by atoms with Crippen LogP contribution in [0.4, 0.5) is 5.95 Å². The highest BCUT2D eigenvalue weighted by Gasteiger charge is 2.38. The van der Waals surface area contributed by atoms with Crippen LogP contribution >= 0.6 is 15.9 Å². The van der Waals surface area contributed by atoms with Gasteiger partial charge in [0.25, 0.3) is 0 Å². The molecule has 9 heteroatoms. The zero-order valence-electron chi connectivity index (χ0n) is 16.3. The molecule has 0 unspecified atom stereocenters. The van der Waals surface area contributed by atoms with Crippen LogP contribution in [0.5, 0.6) is 0 Å². The molecule has 0 spiro atoms. The maximum Gasteiger partial charge on any atom is 0.355 e. The van der Waals surface area contributed by atoms with Crippen molar-refractivity contribution >= 4 is 33.6 Å². The Morgan fingerprint density at radius 1 is 1.13 bits per heavy atom. The number of nitrogens with zero attached hydrogens (tertiary/aromatic N) is 4. The number of hydrogen-bond acceptors (Lipinski definition) is 7. The van der Waals surface area contributed by atoms with Crippen molar-refractivity contribution in [1.29, 1.82) is 0 Å². The van der Waals surface area contributed by atoms with Crippen LogP contribution in [-0.2, 0) is 16.0 Å². The average Bonchev–Trinajstić information content (AvgIpc) is 3.26. The Balaban J connectivity index is 1.92. The second-order valence-corrected chi connectivity index (χ2v) is 7.60. The van der Waals surface area contributed by atoms with E-state index < -0.39 is 12.0 Å². The summed E-state index contributed by atoms with van der Waals surface area (Å²) in [4.78, 5) is 26.2. The number of aromatic nitrogens is 4. The molecular weight excluding hydrogens is 450 g/mol. The van der Waals surface area contributed by atoms with Crippen LogP contribution < -0.4 is 5.32 Å². The molecule has 2 aromatic carbocycles. The van der Waals surface area contributed by atoms with Gasteiger partial charge in [0.1, 0.15) is 11.7 Å². The molecule has 1 N–H and O–H groups in total. The normalized spacial score (nSPS) is 15.4. The van der Waals surface area contributed by atoms with Crippen molar-refractivity contribution in [2.24, 2.45) is 0 Å². The summed E-state index contributed by atoms with van der Waals surface area (Å²) in [6.07, 6.45) is 0.885. The van der Waals surface area contributed by atoms with E-state index in [2.05, 4.69) is 43.7 Å². The number of tetrazole rings is 1. The van der Waals surface area contributed by atoms with Gasteiger partial charge in [0, 0.05) is 10.0 Å². The molecule has 0 amide bonds. The topological polar surface area (TPSA) is 99.0 Å². The van der Waals surface area contributed by atoms with Gasteiger partial charge < -0.3 is 10.1 Å². The first-order valence-corrected chi connectivity index (χ1v) is 10.1. The summed E-state index contributed by atoms with van der Waals surface area (Å²) in [6, 6.07) is 14.1. The number of ketones is 1. The summed E-state index contributed by atoms with van der Waals surface area (Å²) in [5.41, 5.74) is 2.61. The van der Waals surface area contributed by atoms with E-state index in [0.717, 1.165) is 22.0 Å². The Labute approximate surface area is 181 Å². The van der Waals surface area contributed by atoms with Crippen LogP contribution in [0.3, 0.4) is 0 Å². The molecule has 8 nitrogen and oxygen atoms in total. The molecular formula is C21H18BrN5O3. The van der Waals surface area contributed by atoms with Crippen LogP contribution in [-0.4, -0.2) is 39.1 Å². The monoisotopic (exact) mass is 467 g/mol. The number of fused-ring (bicyclic) bond motifs is 1. The Bertz CT molecular complexity index is 1140. The molecule has 0 radical (unpaired) electrons. The van der Waals surface area contributed by atoms with E-state index in [1.165, 1.54) is 11.8 Å². The summed E-state index contributed by atoms with van der Waals surface area (Å²) < 4.78 is 7.28. The Hall–Kier alpha value is -3.33. The number of ether oxygens (including phenoxy) is 1. The van der Waals surface area contributed by atoms with Crippen molar-refractivity contribution in [2.45, 2.75) is 19.4 Å². The van der Waals surface area contributed by atoms with Gasteiger partial charge in [-0.1, -0.05) is 52.2 Å². The van der Waals surface area contributed by atoms with Crippen LogP contribution in [0.1, 0.15) is 34.5 Å². The molecule has 1 aromatic heterocycles. The number of halogens is 1. The maximum atomic E-state index is 13.6. The summed E-state index contributed by atoms with van der Waals surface area (Å²) in [5, 5.41) is 14.6. The van der Waals surface area contributed by atoms with Crippen molar-refractivity contribution in [3.8, 4) is 0 Å². The fourth-order valence-corrected chi connectivity index (χ4v) is 3.65. The number of carbonyl (C=O) groups is 2. The van der Waals surface area contributed by atoms with Crippen molar-refractivity contribution in [2.75, 3.05) is 12.4 Å². The molecule has 0 bridgehead atoms. The number of aryl methyl sites for hydroxylation is 1. The van der Waals surface area contributed by atoms with E-state index >= 15 is 0 Å². The van der Waals surface area contributed by atoms with Gasteiger partial charge in [-0.05, 0) is 52.2 Å². The van der Waals surface area contributed by atoms with E-state index in [1.54, 1.807) is 24.3 Å². The van der Waals surface area contributed by atoms with Gasteiger partial charge >= 0.3 is 5.97 Å². The minimum atomic E-state index is -0.688. The van der Waals surface area contributed by atoms with Crippen LogP contribution in [0.25, 0.3) is 0 Å². The molecule has 1 atom stereocenters. The van der Waals surface area contributed by atoms with Crippen molar-refractivity contribution in [3.63, 3.8) is 0 Å². The molecule has 2 heterocycles. The Kier molecular flexibility index (Phi) is 5.45. The van der Waals surface area contributed by atoms with Crippen LogP contribution in [0.15, 0.2) is 64.3 Å². The van der Waals surface area contributed by atoms with Crippen LogP contribution in [0, 0.1) is 0 Å². The molecule has 0 saturated heterocycles. The van der Waals surface area contributed by atoms with E-state index in [9.17, 15) is 9.59 Å². The fourth-order valence-electron chi connectivity index (χ4n) is 3.39. The van der Waals surface area contributed by atoms with Crippen LogP contribution in [0.2, 0.25) is 0 Å². The lowest BCUT2D eigenvalue weighted by molar-refractivity contribution is -0.136. The predicted molar refractivity (Wildman–Crippen MR) is 113 cm³/mol. The summed E-state index contributed by atoms with van der Waals surface area (Å²) in [7, 11) is 1.27. The second-order valence-electron chi connectivity index (χ2n) is 6.69.